The molecule has 3 heterocycles. The predicted octanol–water partition coefficient (Wildman–Crippen LogP) is 1.93. The van der Waals surface area contributed by atoms with Crippen LogP contribution in [0.2, 0.25) is 0 Å². The lowest BCUT2D eigenvalue weighted by Crippen LogP contribution is -2.18. The van der Waals surface area contributed by atoms with Crippen molar-refractivity contribution in [1.82, 2.24) is 19.1 Å². The number of hydrogen-bond donors (Lipinski definition) is 1. The van der Waals surface area contributed by atoms with Crippen LogP contribution in [0.4, 0.5) is 5.82 Å². The Balaban J connectivity index is 2.09. The number of imidazole rings is 2. The maximum absolute atomic E-state index is 6.24. The highest BCUT2D eigenvalue weighted by atomic mass is 15.2. The molecule has 0 aromatic carbocycles. The average molecular weight is 245 g/mol. The third-order valence-corrected chi connectivity index (χ3v) is 3.76. The molecule has 5 heteroatoms. The fourth-order valence-corrected chi connectivity index (χ4v) is 2.64. The lowest BCUT2D eigenvalue weighted by molar-refractivity contribution is 0.412. The lowest BCUT2D eigenvalue weighted by atomic mass is 10.0. The van der Waals surface area contributed by atoms with Crippen LogP contribution in [-0.4, -0.2) is 19.1 Å². The SMILES string of the molecule is CCn1cncc1-c1nc2n(c1N)CCC(C)C2. The Hall–Kier alpha value is -1.78. The predicted molar refractivity (Wildman–Crippen MR) is 71.0 cm³/mol. The van der Waals surface area contributed by atoms with E-state index in [0.29, 0.717) is 5.92 Å². The van der Waals surface area contributed by atoms with Gasteiger partial charge in [-0.25, -0.2) is 9.97 Å². The summed E-state index contributed by atoms with van der Waals surface area (Å²) in [5.41, 5.74) is 8.15. The van der Waals surface area contributed by atoms with Crippen molar-refractivity contribution in [3.05, 3.63) is 18.3 Å². The summed E-state index contributed by atoms with van der Waals surface area (Å²) < 4.78 is 4.23. The van der Waals surface area contributed by atoms with Crippen LogP contribution in [0.3, 0.4) is 0 Å². The highest BCUT2D eigenvalue weighted by Gasteiger charge is 2.23. The molecule has 0 amide bonds. The normalized spacial score (nSPS) is 18.9. The fraction of sp³-hybridized carbons (Fsp3) is 0.538. The Labute approximate surface area is 107 Å². The summed E-state index contributed by atoms with van der Waals surface area (Å²) in [5.74, 6) is 2.60. The minimum atomic E-state index is 0.697. The molecule has 2 aromatic rings. The van der Waals surface area contributed by atoms with E-state index in [0.717, 1.165) is 42.5 Å². The first kappa shape index (κ1) is 11.3. The molecule has 5 nitrogen and oxygen atoms in total. The number of fused-ring (bicyclic) bond motifs is 1. The van der Waals surface area contributed by atoms with Crippen molar-refractivity contribution in [2.24, 2.45) is 5.92 Å². The van der Waals surface area contributed by atoms with Gasteiger partial charge in [-0.3, -0.25) is 0 Å². The highest BCUT2D eigenvalue weighted by molar-refractivity contribution is 5.68. The van der Waals surface area contributed by atoms with Crippen LogP contribution in [-0.2, 0) is 19.5 Å². The van der Waals surface area contributed by atoms with Gasteiger partial charge in [0.1, 0.15) is 17.3 Å². The molecule has 1 atom stereocenters. The van der Waals surface area contributed by atoms with Gasteiger partial charge in [0.25, 0.3) is 0 Å². The summed E-state index contributed by atoms with van der Waals surface area (Å²) in [5, 5.41) is 0. The smallest absolute Gasteiger partial charge is 0.133 e. The monoisotopic (exact) mass is 245 g/mol. The number of hydrogen-bond acceptors (Lipinski definition) is 3. The van der Waals surface area contributed by atoms with Crippen LogP contribution in [0.15, 0.2) is 12.5 Å². The van der Waals surface area contributed by atoms with E-state index in [9.17, 15) is 0 Å². The Bertz CT molecular complexity index is 566. The van der Waals surface area contributed by atoms with Gasteiger partial charge < -0.3 is 14.9 Å². The van der Waals surface area contributed by atoms with Crippen LogP contribution >= 0.6 is 0 Å². The van der Waals surface area contributed by atoms with Gasteiger partial charge in [-0.2, -0.15) is 0 Å². The summed E-state index contributed by atoms with van der Waals surface area (Å²) in [6.45, 7) is 6.23. The van der Waals surface area contributed by atoms with Gasteiger partial charge in [-0.1, -0.05) is 6.92 Å². The maximum Gasteiger partial charge on any atom is 0.133 e. The van der Waals surface area contributed by atoms with Gasteiger partial charge in [0, 0.05) is 19.5 Å². The van der Waals surface area contributed by atoms with Crippen molar-refractivity contribution in [3.63, 3.8) is 0 Å². The number of anilines is 1. The third kappa shape index (κ3) is 1.62. The zero-order valence-corrected chi connectivity index (χ0v) is 10.9. The highest BCUT2D eigenvalue weighted by Crippen LogP contribution is 2.30. The molecule has 0 saturated carbocycles. The lowest BCUT2D eigenvalue weighted by Gasteiger charge is -2.20. The summed E-state index contributed by atoms with van der Waals surface area (Å²) >= 11 is 0. The zero-order valence-electron chi connectivity index (χ0n) is 10.9. The number of nitrogen functional groups attached to an aromatic ring is 1. The molecule has 0 spiro atoms. The number of nitrogens with zero attached hydrogens (tertiary/aromatic N) is 4. The summed E-state index contributed by atoms with van der Waals surface area (Å²) in [7, 11) is 0. The number of nitrogens with two attached hydrogens (primary N) is 1. The molecular formula is C13H19N5. The third-order valence-electron chi connectivity index (χ3n) is 3.76. The second-order valence-corrected chi connectivity index (χ2v) is 5.08. The van der Waals surface area contributed by atoms with Crippen molar-refractivity contribution in [3.8, 4) is 11.4 Å². The van der Waals surface area contributed by atoms with E-state index in [4.69, 9.17) is 10.7 Å². The van der Waals surface area contributed by atoms with E-state index in [1.165, 1.54) is 6.42 Å². The second-order valence-electron chi connectivity index (χ2n) is 5.08. The van der Waals surface area contributed by atoms with Crippen LogP contribution in [0.5, 0.6) is 0 Å². The molecule has 18 heavy (non-hydrogen) atoms. The first-order valence-corrected chi connectivity index (χ1v) is 6.56. The first-order chi connectivity index (χ1) is 8.70. The Morgan fingerprint density at radius 3 is 3.11 bits per heavy atom. The van der Waals surface area contributed by atoms with Gasteiger partial charge >= 0.3 is 0 Å². The van der Waals surface area contributed by atoms with Crippen molar-refractivity contribution in [1.29, 1.82) is 0 Å². The molecule has 1 aliphatic heterocycles. The van der Waals surface area contributed by atoms with Gasteiger partial charge in [-0.15, -0.1) is 0 Å². The van der Waals surface area contributed by atoms with E-state index < -0.39 is 0 Å². The first-order valence-electron chi connectivity index (χ1n) is 6.56. The molecule has 0 bridgehead atoms. The molecule has 0 fully saturated rings. The van der Waals surface area contributed by atoms with Gasteiger partial charge in [0.15, 0.2) is 0 Å². The minimum absolute atomic E-state index is 0.697. The maximum atomic E-state index is 6.24. The number of aryl methyl sites for hydroxylation is 1. The number of aromatic nitrogens is 4. The van der Waals surface area contributed by atoms with Gasteiger partial charge in [0.2, 0.25) is 0 Å². The standard InChI is InChI=1S/C13H19N5/c1-3-17-8-15-7-10(17)12-13(14)18-5-4-9(2)6-11(18)16-12/h7-9H,3-6,14H2,1-2H3. The van der Waals surface area contributed by atoms with Crippen LogP contribution in [0.1, 0.15) is 26.1 Å². The Morgan fingerprint density at radius 1 is 1.50 bits per heavy atom. The largest absolute Gasteiger partial charge is 0.383 e. The topological polar surface area (TPSA) is 61.7 Å². The van der Waals surface area contributed by atoms with Crippen molar-refractivity contribution in [2.45, 2.75) is 39.8 Å². The molecule has 2 N–H and O–H groups in total. The van der Waals surface area contributed by atoms with Crippen LogP contribution in [0, 0.1) is 5.92 Å². The average Bonchev–Trinajstić information content (AvgIpc) is 2.93. The molecule has 3 rings (SSSR count). The second kappa shape index (κ2) is 4.15. The zero-order chi connectivity index (χ0) is 12.7. The molecule has 96 valence electrons. The van der Waals surface area contributed by atoms with E-state index in [1.54, 1.807) is 0 Å². The molecule has 0 radical (unpaired) electrons. The summed E-state index contributed by atoms with van der Waals surface area (Å²) in [4.78, 5) is 8.92. The van der Waals surface area contributed by atoms with Crippen LogP contribution < -0.4 is 5.73 Å². The van der Waals surface area contributed by atoms with Crippen molar-refractivity contribution in [2.75, 3.05) is 5.73 Å². The molecule has 0 aliphatic carbocycles. The Kier molecular flexibility index (Phi) is 2.61. The van der Waals surface area contributed by atoms with E-state index in [2.05, 4.69) is 28.0 Å². The van der Waals surface area contributed by atoms with E-state index >= 15 is 0 Å². The van der Waals surface area contributed by atoms with Crippen LogP contribution in [0.25, 0.3) is 11.4 Å². The summed E-state index contributed by atoms with van der Waals surface area (Å²) in [6, 6.07) is 0. The summed E-state index contributed by atoms with van der Waals surface area (Å²) in [6.07, 6.45) is 5.87. The van der Waals surface area contributed by atoms with Gasteiger partial charge in [0.05, 0.1) is 18.2 Å². The fourth-order valence-electron chi connectivity index (χ4n) is 2.64. The molecule has 1 unspecified atom stereocenters. The minimum Gasteiger partial charge on any atom is -0.383 e. The Morgan fingerprint density at radius 2 is 2.33 bits per heavy atom. The molecule has 0 saturated heterocycles. The molecule has 1 aliphatic rings. The molecular weight excluding hydrogens is 226 g/mol. The van der Waals surface area contributed by atoms with E-state index in [1.807, 2.05) is 12.5 Å². The van der Waals surface area contributed by atoms with Crippen molar-refractivity contribution < 1.29 is 0 Å². The van der Waals surface area contributed by atoms with Crippen molar-refractivity contribution >= 4 is 5.82 Å². The molecule has 2 aromatic heterocycles. The number of rotatable bonds is 2. The van der Waals surface area contributed by atoms with Gasteiger partial charge in [-0.05, 0) is 19.3 Å². The van der Waals surface area contributed by atoms with E-state index in [-0.39, 0.29) is 0 Å². The quantitative estimate of drug-likeness (QED) is 0.879.